The molecule has 0 aliphatic heterocycles. The van der Waals surface area contributed by atoms with Crippen molar-refractivity contribution in [3.8, 4) is 28.5 Å². The maximum Gasteiger partial charge on any atom is 0.173 e. The van der Waals surface area contributed by atoms with Crippen LogP contribution < -0.4 is 5.73 Å². The summed E-state index contributed by atoms with van der Waals surface area (Å²) in [5.41, 5.74) is 11.8. The highest BCUT2D eigenvalue weighted by molar-refractivity contribution is 5.82. The molecule has 0 bridgehead atoms. The number of nitrogens with zero attached hydrogens (tertiary/aromatic N) is 3. The fourth-order valence-corrected chi connectivity index (χ4v) is 3.68. The van der Waals surface area contributed by atoms with E-state index in [4.69, 9.17) is 5.73 Å². The van der Waals surface area contributed by atoms with Crippen molar-refractivity contribution in [3.63, 3.8) is 0 Å². The van der Waals surface area contributed by atoms with Gasteiger partial charge in [-0.2, -0.15) is 5.10 Å². The number of nitrogens with two attached hydrogens (primary N) is 1. The maximum atomic E-state index is 10.9. The van der Waals surface area contributed by atoms with E-state index in [1.807, 2.05) is 37.4 Å². The van der Waals surface area contributed by atoms with Crippen LogP contribution in [0.4, 0.5) is 0 Å². The molecule has 150 valence electrons. The first-order chi connectivity index (χ1) is 14.1. The molecule has 4 N–H and O–H groups in total. The van der Waals surface area contributed by atoms with Crippen molar-refractivity contribution < 1.29 is 5.11 Å². The van der Waals surface area contributed by atoms with E-state index in [-0.39, 0.29) is 5.75 Å². The molecule has 4 rings (SSSR count). The molecule has 0 unspecified atom stereocenters. The molecule has 0 aliphatic rings. The number of rotatable bonds is 7. The van der Waals surface area contributed by atoms with E-state index in [1.54, 1.807) is 4.68 Å². The molecule has 6 heteroatoms. The van der Waals surface area contributed by atoms with E-state index in [2.05, 4.69) is 34.1 Å². The Morgan fingerprint density at radius 3 is 2.55 bits per heavy atom. The Balaban J connectivity index is 1.66. The fourth-order valence-electron chi connectivity index (χ4n) is 3.68. The van der Waals surface area contributed by atoms with Crippen molar-refractivity contribution in [2.24, 2.45) is 12.8 Å². The number of aromatic hydroxyl groups is 1. The van der Waals surface area contributed by atoms with Gasteiger partial charge in [-0.15, -0.1) is 0 Å². The molecule has 0 spiro atoms. The molecule has 0 radical (unpaired) electrons. The fraction of sp³-hybridized carbons (Fsp3) is 0.304. The van der Waals surface area contributed by atoms with E-state index < -0.39 is 0 Å². The average Bonchev–Trinajstić information content (AvgIpc) is 3.27. The lowest BCUT2D eigenvalue weighted by atomic mass is 10.0. The largest absolute Gasteiger partial charge is 0.504 e. The molecule has 0 fully saturated rings. The van der Waals surface area contributed by atoms with Gasteiger partial charge in [0.15, 0.2) is 11.6 Å². The van der Waals surface area contributed by atoms with Crippen molar-refractivity contribution >= 4 is 11.0 Å². The average molecular weight is 390 g/mol. The summed E-state index contributed by atoms with van der Waals surface area (Å²) in [5.74, 6) is 0.716. The van der Waals surface area contributed by atoms with Gasteiger partial charge >= 0.3 is 0 Å². The summed E-state index contributed by atoms with van der Waals surface area (Å²) in [6, 6.07) is 14.2. The SMILES string of the molecule is CCCCCc1ccc(-c2nn(C)c(-c3nc4ccc(CN)cc4[nH]3)c2O)cc1. The third-order valence-corrected chi connectivity index (χ3v) is 5.32. The summed E-state index contributed by atoms with van der Waals surface area (Å²) < 4.78 is 1.67. The second-order valence-corrected chi connectivity index (χ2v) is 7.46. The highest BCUT2D eigenvalue weighted by atomic mass is 16.3. The smallest absolute Gasteiger partial charge is 0.173 e. The predicted octanol–water partition coefficient (Wildman–Crippen LogP) is 4.53. The number of benzene rings is 2. The summed E-state index contributed by atoms with van der Waals surface area (Å²) >= 11 is 0. The third-order valence-electron chi connectivity index (χ3n) is 5.32. The number of nitrogens with one attached hydrogen (secondary N) is 1. The van der Waals surface area contributed by atoms with Crippen LogP contribution in [0.2, 0.25) is 0 Å². The third kappa shape index (κ3) is 3.76. The van der Waals surface area contributed by atoms with Crippen molar-refractivity contribution in [3.05, 3.63) is 53.6 Å². The molecular weight excluding hydrogens is 362 g/mol. The molecule has 0 saturated heterocycles. The van der Waals surface area contributed by atoms with Gasteiger partial charge in [0.25, 0.3) is 0 Å². The van der Waals surface area contributed by atoms with Crippen LogP contribution in [0.15, 0.2) is 42.5 Å². The van der Waals surface area contributed by atoms with Crippen LogP contribution >= 0.6 is 0 Å². The van der Waals surface area contributed by atoms with E-state index >= 15 is 0 Å². The van der Waals surface area contributed by atoms with E-state index in [1.165, 1.54) is 24.8 Å². The number of unbranched alkanes of at least 4 members (excludes halogenated alkanes) is 2. The van der Waals surface area contributed by atoms with E-state index in [0.717, 1.165) is 28.6 Å². The molecular formula is C23H27N5O. The van der Waals surface area contributed by atoms with Gasteiger partial charge in [-0.3, -0.25) is 4.68 Å². The zero-order valence-electron chi connectivity index (χ0n) is 16.9. The van der Waals surface area contributed by atoms with Crippen LogP contribution in [0.25, 0.3) is 33.8 Å². The standard InChI is InChI=1S/C23H27N5O/c1-3-4-5-6-15-7-10-17(11-8-15)20-22(29)21(28(2)27-20)23-25-18-12-9-16(14-24)13-19(18)26-23/h7-13,29H,3-6,14,24H2,1-2H3,(H,25,26). The monoisotopic (exact) mass is 389 g/mol. The molecule has 0 saturated carbocycles. The van der Waals surface area contributed by atoms with Crippen LogP contribution in [0.5, 0.6) is 5.75 Å². The first-order valence-electron chi connectivity index (χ1n) is 10.1. The molecule has 4 aromatic rings. The zero-order valence-corrected chi connectivity index (χ0v) is 16.9. The van der Waals surface area contributed by atoms with Gasteiger partial charge in [0.2, 0.25) is 0 Å². The Morgan fingerprint density at radius 2 is 1.83 bits per heavy atom. The molecule has 2 aromatic heterocycles. The zero-order chi connectivity index (χ0) is 20.4. The molecule has 0 amide bonds. The van der Waals surface area contributed by atoms with E-state index in [9.17, 15) is 5.11 Å². The minimum absolute atomic E-state index is 0.129. The number of aromatic amines is 1. The minimum Gasteiger partial charge on any atom is -0.504 e. The summed E-state index contributed by atoms with van der Waals surface area (Å²) in [7, 11) is 1.82. The molecule has 0 atom stereocenters. The molecule has 29 heavy (non-hydrogen) atoms. The number of imidazole rings is 1. The Kier molecular flexibility index (Phi) is 5.36. The summed E-state index contributed by atoms with van der Waals surface area (Å²) in [6.45, 7) is 2.68. The Hall–Kier alpha value is -3.12. The Bertz CT molecular complexity index is 1120. The number of fused-ring (bicyclic) bond motifs is 1. The molecule has 6 nitrogen and oxygen atoms in total. The van der Waals surface area contributed by atoms with Gasteiger partial charge < -0.3 is 15.8 Å². The summed E-state index contributed by atoms with van der Waals surface area (Å²) in [4.78, 5) is 7.91. The van der Waals surface area contributed by atoms with Crippen molar-refractivity contribution in [1.82, 2.24) is 19.7 Å². The lowest BCUT2D eigenvalue weighted by Gasteiger charge is -2.03. The highest BCUT2D eigenvalue weighted by Crippen LogP contribution is 2.37. The summed E-state index contributed by atoms with van der Waals surface area (Å²) in [5, 5.41) is 15.5. The highest BCUT2D eigenvalue weighted by Gasteiger charge is 2.21. The topological polar surface area (TPSA) is 92.8 Å². The van der Waals surface area contributed by atoms with Crippen LogP contribution in [0, 0.1) is 0 Å². The molecule has 2 aromatic carbocycles. The second kappa shape index (κ2) is 8.09. The molecule has 0 aliphatic carbocycles. The Labute approximate surface area is 170 Å². The summed E-state index contributed by atoms with van der Waals surface area (Å²) in [6.07, 6.45) is 4.75. The first-order valence-corrected chi connectivity index (χ1v) is 10.1. The lowest BCUT2D eigenvalue weighted by Crippen LogP contribution is -1.95. The van der Waals surface area contributed by atoms with Crippen molar-refractivity contribution in [2.45, 2.75) is 39.2 Å². The second-order valence-electron chi connectivity index (χ2n) is 7.46. The number of hydrogen-bond acceptors (Lipinski definition) is 4. The Morgan fingerprint density at radius 1 is 1.07 bits per heavy atom. The van der Waals surface area contributed by atoms with Crippen LogP contribution in [-0.4, -0.2) is 24.9 Å². The number of H-pyrrole nitrogens is 1. The van der Waals surface area contributed by atoms with Crippen molar-refractivity contribution in [2.75, 3.05) is 0 Å². The van der Waals surface area contributed by atoms with Gasteiger partial charge in [0.05, 0.1) is 11.0 Å². The van der Waals surface area contributed by atoms with Crippen LogP contribution in [0.3, 0.4) is 0 Å². The van der Waals surface area contributed by atoms with Crippen LogP contribution in [0.1, 0.15) is 37.3 Å². The molecule has 2 heterocycles. The van der Waals surface area contributed by atoms with Gasteiger partial charge in [0, 0.05) is 19.2 Å². The van der Waals surface area contributed by atoms with Gasteiger partial charge in [-0.25, -0.2) is 4.98 Å². The predicted molar refractivity (Wildman–Crippen MR) is 117 cm³/mol. The van der Waals surface area contributed by atoms with Gasteiger partial charge in [-0.1, -0.05) is 50.1 Å². The normalized spacial score (nSPS) is 11.4. The quantitative estimate of drug-likeness (QED) is 0.405. The van der Waals surface area contributed by atoms with Crippen LogP contribution in [-0.2, 0) is 20.0 Å². The van der Waals surface area contributed by atoms with Gasteiger partial charge in [0.1, 0.15) is 11.4 Å². The number of aromatic nitrogens is 4. The van der Waals surface area contributed by atoms with Gasteiger partial charge in [-0.05, 0) is 36.1 Å². The van der Waals surface area contributed by atoms with E-state index in [0.29, 0.717) is 23.8 Å². The number of hydrogen-bond donors (Lipinski definition) is 3. The maximum absolute atomic E-state index is 10.9. The minimum atomic E-state index is 0.129. The first kappa shape index (κ1) is 19.2. The lowest BCUT2D eigenvalue weighted by molar-refractivity contribution is 0.478. The number of aryl methyl sites for hydroxylation is 2. The van der Waals surface area contributed by atoms with Crippen molar-refractivity contribution in [1.29, 1.82) is 0 Å².